The largest absolute Gasteiger partial charge is 0.492 e. The molecule has 0 amide bonds. The first-order chi connectivity index (χ1) is 7.79. The Bertz CT molecular complexity index is 482. The minimum Gasteiger partial charge on any atom is -0.492 e. The molecule has 0 spiro atoms. The minimum absolute atomic E-state index is 0.0429. The Morgan fingerprint density at radius 1 is 1.47 bits per heavy atom. The molecule has 0 aromatic heterocycles. The van der Waals surface area contributed by atoms with E-state index in [4.69, 9.17) is 4.74 Å². The third-order valence-electron chi connectivity index (χ3n) is 2.14. The fraction of sp³-hybridized carbons (Fsp3) is 0.455. The van der Waals surface area contributed by atoms with Crippen molar-refractivity contribution in [3.8, 4) is 5.75 Å². The van der Waals surface area contributed by atoms with Gasteiger partial charge in [-0.2, -0.15) is 0 Å². The predicted octanol–water partition coefficient (Wildman–Crippen LogP) is 1.93. The monoisotopic (exact) mass is 322 g/mol. The summed E-state index contributed by atoms with van der Waals surface area (Å²) < 4.78 is 28.1. The van der Waals surface area contributed by atoms with Gasteiger partial charge in [-0.15, -0.1) is 0 Å². The number of halogens is 1. The molecule has 0 bridgehead atoms. The van der Waals surface area contributed by atoms with Crippen molar-refractivity contribution in [1.29, 1.82) is 0 Å². The van der Waals surface area contributed by atoms with Crippen LogP contribution in [0, 0.1) is 0 Å². The van der Waals surface area contributed by atoms with Gasteiger partial charge in [0.05, 0.1) is 11.9 Å². The standard InChI is InChI=1S/C11H15BrO4S/c1-8(13)10-4-3-9(12)7-11(10)16-5-6-17(2,14)15/h3-4,7-8,13H,5-6H2,1-2H3. The van der Waals surface area contributed by atoms with E-state index in [2.05, 4.69) is 15.9 Å². The number of ether oxygens (including phenoxy) is 1. The van der Waals surface area contributed by atoms with Gasteiger partial charge in [0.2, 0.25) is 0 Å². The third-order valence-corrected chi connectivity index (χ3v) is 3.54. The number of benzene rings is 1. The number of aliphatic hydroxyl groups is 1. The molecule has 0 aliphatic heterocycles. The molecule has 0 saturated carbocycles. The van der Waals surface area contributed by atoms with Crippen LogP contribution < -0.4 is 4.74 Å². The highest BCUT2D eigenvalue weighted by Gasteiger charge is 2.10. The maximum Gasteiger partial charge on any atom is 0.150 e. The van der Waals surface area contributed by atoms with Gasteiger partial charge in [-0.1, -0.05) is 22.0 Å². The van der Waals surface area contributed by atoms with E-state index in [-0.39, 0.29) is 12.4 Å². The highest BCUT2D eigenvalue weighted by Crippen LogP contribution is 2.28. The summed E-state index contributed by atoms with van der Waals surface area (Å²) in [6.07, 6.45) is 0.503. The predicted molar refractivity (Wildman–Crippen MR) is 70.0 cm³/mol. The van der Waals surface area contributed by atoms with Crippen LogP contribution in [0.5, 0.6) is 5.75 Å². The van der Waals surface area contributed by atoms with E-state index in [1.807, 2.05) is 0 Å². The lowest BCUT2D eigenvalue weighted by Gasteiger charge is -2.13. The van der Waals surface area contributed by atoms with Crippen molar-refractivity contribution < 1.29 is 18.3 Å². The van der Waals surface area contributed by atoms with Crippen LogP contribution >= 0.6 is 15.9 Å². The van der Waals surface area contributed by atoms with Crippen molar-refractivity contribution in [1.82, 2.24) is 0 Å². The van der Waals surface area contributed by atoms with Gasteiger partial charge in [0.1, 0.15) is 12.4 Å². The van der Waals surface area contributed by atoms with Crippen molar-refractivity contribution >= 4 is 25.8 Å². The Morgan fingerprint density at radius 2 is 2.12 bits per heavy atom. The second kappa shape index (κ2) is 5.84. The van der Waals surface area contributed by atoms with Gasteiger partial charge in [-0.3, -0.25) is 0 Å². The zero-order chi connectivity index (χ0) is 13.1. The van der Waals surface area contributed by atoms with Gasteiger partial charge >= 0.3 is 0 Å². The fourth-order valence-electron chi connectivity index (χ4n) is 1.28. The van der Waals surface area contributed by atoms with E-state index < -0.39 is 15.9 Å². The molecule has 1 rings (SSSR count). The lowest BCUT2D eigenvalue weighted by Crippen LogP contribution is -2.13. The Hall–Kier alpha value is -0.590. The zero-order valence-corrected chi connectivity index (χ0v) is 12.1. The van der Waals surface area contributed by atoms with E-state index in [1.165, 1.54) is 0 Å². The summed E-state index contributed by atoms with van der Waals surface area (Å²) in [5, 5.41) is 9.54. The molecule has 17 heavy (non-hydrogen) atoms. The average Bonchev–Trinajstić information content (AvgIpc) is 2.15. The maximum atomic E-state index is 11.0. The summed E-state index contributed by atoms with van der Waals surface area (Å²) in [5.74, 6) is 0.455. The molecular formula is C11H15BrO4S. The summed E-state index contributed by atoms with van der Waals surface area (Å²) in [6, 6.07) is 5.25. The van der Waals surface area contributed by atoms with Crippen molar-refractivity contribution in [2.24, 2.45) is 0 Å². The van der Waals surface area contributed by atoms with Crippen LogP contribution in [0.2, 0.25) is 0 Å². The molecule has 1 aromatic carbocycles. The summed E-state index contributed by atoms with van der Waals surface area (Å²) >= 11 is 3.30. The van der Waals surface area contributed by atoms with Gasteiger partial charge in [-0.05, 0) is 19.1 Å². The van der Waals surface area contributed by atoms with Crippen LogP contribution in [0.15, 0.2) is 22.7 Å². The van der Waals surface area contributed by atoms with E-state index in [0.29, 0.717) is 11.3 Å². The topological polar surface area (TPSA) is 63.6 Å². The number of aliphatic hydroxyl groups excluding tert-OH is 1. The second-order valence-corrected chi connectivity index (χ2v) is 7.01. The number of rotatable bonds is 5. The highest BCUT2D eigenvalue weighted by molar-refractivity contribution is 9.10. The summed E-state index contributed by atoms with van der Waals surface area (Å²) in [5.41, 5.74) is 0.640. The van der Waals surface area contributed by atoms with E-state index in [0.717, 1.165) is 10.7 Å². The molecule has 0 heterocycles. The summed E-state index contributed by atoms with van der Waals surface area (Å²) in [4.78, 5) is 0. The SMILES string of the molecule is CC(O)c1ccc(Br)cc1OCCS(C)(=O)=O. The smallest absolute Gasteiger partial charge is 0.150 e. The number of hydrogen-bond acceptors (Lipinski definition) is 4. The lowest BCUT2D eigenvalue weighted by molar-refractivity contribution is 0.192. The molecule has 1 aromatic rings. The molecule has 0 radical (unpaired) electrons. The van der Waals surface area contributed by atoms with Gasteiger partial charge in [0, 0.05) is 16.3 Å². The maximum absolute atomic E-state index is 11.0. The van der Waals surface area contributed by atoms with Crippen LogP contribution in [0.25, 0.3) is 0 Å². The normalized spacial score (nSPS) is 13.4. The molecule has 6 heteroatoms. The van der Waals surface area contributed by atoms with Crippen molar-refractivity contribution in [2.75, 3.05) is 18.6 Å². The van der Waals surface area contributed by atoms with Crippen LogP contribution in [0.4, 0.5) is 0 Å². The fourth-order valence-corrected chi connectivity index (χ4v) is 2.01. The number of sulfone groups is 1. The third kappa shape index (κ3) is 5.06. The first kappa shape index (κ1) is 14.5. The van der Waals surface area contributed by atoms with Crippen molar-refractivity contribution in [2.45, 2.75) is 13.0 Å². The van der Waals surface area contributed by atoms with Crippen LogP contribution in [0.3, 0.4) is 0 Å². The van der Waals surface area contributed by atoms with E-state index in [1.54, 1.807) is 25.1 Å². The van der Waals surface area contributed by atoms with Gasteiger partial charge in [0.25, 0.3) is 0 Å². The first-order valence-corrected chi connectivity index (χ1v) is 7.93. The summed E-state index contributed by atoms with van der Waals surface area (Å²) in [6.45, 7) is 1.71. The second-order valence-electron chi connectivity index (χ2n) is 3.84. The van der Waals surface area contributed by atoms with Crippen LogP contribution in [-0.2, 0) is 9.84 Å². The van der Waals surface area contributed by atoms with Gasteiger partial charge < -0.3 is 9.84 Å². The molecule has 1 N–H and O–H groups in total. The molecule has 0 aliphatic rings. The lowest BCUT2D eigenvalue weighted by atomic mass is 10.1. The Balaban J connectivity index is 2.79. The van der Waals surface area contributed by atoms with E-state index in [9.17, 15) is 13.5 Å². The van der Waals surface area contributed by atoms with Crippen molar-refractivity contribution in [3.63, 3.8) is 0 Å². The van der Waals surface area contributed by atoms with Crippen LogP contribution in [-0.4, -0.2) is 32.1 Å². The minimum atomic E-state index is -3.04. The van der Waals surface area contributed by atoms with E-state index >= 15 is 0 Å². The zero-order valence-electron chi connectivity index (χ0n) is 9.68. The molecule has 96 valence electrons. The summed E-state index contributed by atoms with van der Waals surface area (Å²) in [7, 11) is -3.04. The Labute approximate surface area is 110 Å². The molecule has 1 atom stereocenters. The molecular weight excluding hydrogens is 308 g/mol. The molecule has 1 unspecified atom stereocenters. The van der Waals surface area contributed by atoms with Crippen molar-refractivity contribution in [3.05, 3.63) is 28.2 Å². The molecule has 0 fully saturated rings. The quantitative estimate of drug-likeness (QED) is 0.899. The van der Waals surface area contributed by atoms with Gasteiger partial charge in [0.15, 0.2) is 9.84 Å². The molecule has 0 saturated heterocycles. The highest BCUT2D eigenvalue weighted by atomic mass is 79.9. The average molecular weight is 323 g/mol. The molecule has 0 aliphatic carbocycles. The Kier molecular flexibility index (Phi) is 4.97. The molecule has 4 nitrogen and oxygen atoms in total. The Morgan fingerprint density at radius 3 is 2.65 bits per heavy atom. The van der Waals surface area contributed by atoms with Gasteiger partial charge in [-0.25, -0.2) is 8.42 Å². The number of hydrogen-bond donors (Lipinski definition) is 1. The first-order valence-electron chi connectivity index (χ1n) is 5.07. The van der Waals surface area contributed by atoms with Crippen LogP contribution in [0.1, 0.15) is 18.6 Å².